The van der Waals surface area contributed by atoms with Gasteiger partial charge >= 0.3 is 5.97 Å². The fraction of sp³-hybridized carbons (Fsp3) is 0.786. The normalized spacial score (nSPS) is 25.3. The summed E-state index contributed by atoms with van der Waals surface area (Å²) in [6.07, 6.45) is 0.639. The number of amides is 2. The SMILES string of the molecule is CCCC(=O)N1CSCC1C(=O)N1CCOC(CC(=O)O)C1. The number of thioether (sulfide) groups is 1. The van der Waals surface area contributed by atoms with E-state index in [0.29, 0.717) is 31.2 Å². The van der Waals surface area contributed by atoms with E-state index in [2.05, 4.69) is 0 Å². The van der Waals surface area contributed by atoms with Crippen LogP contribution >= 0.6 is 11.8 Å². The first kappa shape index (κ1) is 17.1. The minimum absolute atomic E-state index is 0.0150. The van der Waals surface area contributed by atoms with Crippen molar-refractivity contribution in [2.75, 3.05) is 31.3 Å². The zero-order valence-electron chi connectivity index (χ0n) is 12.7. The molecule has 1 N–H and O–H groups in total. The monoisotopic (exact) mass is 330 g/mol. The van der Waals surface area contributed by atoms with Crippen LogP contribution in [-0.4, -0.2) is 76.2 Å². The highest BCUT2D eigenvalue weighted by atomic mass is 32.2. The fourth-order valence-corrected chi connectivity index (χ4v) is 3.87. The van der Waals surface area contributed by atoms with Crippen LogP contribution in [0.1, 0.15) is 26.2 Å². The maximum absolute atomic E-state index is 12.7. The molecule has 0 aromatic carbocycles. The molecule has 2 fully saturated rings. The van der Waals surface area contributed by atoms with Crippen LogP contribution in [0, 0.1) is 0 Å². The summed E-state index contributed by atoms with van der Waals surface area (Å²) in [6.45, 7) is 3.01. The molecule has 0 radical (unpaired) electrons. The van der Waals surface area contributed by atoms with Crippen LogP contribution in [-0.2, 0) is 19.1 Å². The largest absolute Gasteiger partial charge is 0.481 e. The molecule has 0 aromatic rings. The molecule has 2 saturated heterocycles. The van der Waals surface area contributed by atoms with Crippen molar-refractivity contribution >= 4 is 29.5 Å². The van der Waals surface area contributed by atoms with Crippen LogP contribution in [0.15, 0.2) is 0 Å². The number of morpholine rings is 1. The van der Waals surface area contributed by atoms with Crippen LogP contribution in [0.3, 0.4) is 0 Å². The van der Waals surface area contributed by atoms with Crippen molar-refractivity contribution in [2.24, 2.45) is 0 Å². The molecule has 0 spiro atoms. The second kappa shape index (κ2) is 7.82. The Morgan fingerprint density at radius 2 is 2.14 bits per heavy atom. The van der Waals surface area contributed by atoms with Gasteiger partial charge in [0.05, 0.1) is 25.0 Å². The van der Waals surface area contributed by atoms with Gasteiger partial charge in [0.15, 0.2) is 0 Å². The van der Waals surface area contributed by atoms with Crippen LogP contribution in [0.25, 0.3) is 0 Å². The van der Waals surface area contributed by atoms with E-state index in [0.717, 1.165) is 6.42 Å². The Labute approximate surface area is 134 Å². The molecule has 2 atom stereocenters. The maximum Gasteiger partial charge on any atom is 0.306 e. The first-order chi connectivity index (χ1) is 10.5. The molecule has 22 heavy (non-hydrogen) atoms. The zero-order chi connectivity index (χ0) is 16.1. The summed E-state index contributed by atoms with van der Waals surface area (Å²) >= 11 is 1.58. The lowest BCUT2D eigenvalue weighted by atomic mass is 10.1. The second-order valence-electron chi connectivity index (χ2n) is 5.50. The van der Waals surface area contributed by atoms with Gasteiger partial charge in [0.25, 0.3) is 0 Å². The predicted octanol–water partition coefficient (Wildman–Crippen LogP) is 0.390. The van der Waals surface area contributed by atoms with E-state index < -0.39 is 18.1 Å². The van der Waals surface area contributed by atoms with E-state index in [1.54, 1.807) is 21.6 Å². The Morgan fingerprint density at radius 1 is 1.36 bits per heavy atom. The number of carbonyl (C=O) groups is 3. The van der Waals surface area contributed by atoms with Crippen molar-refractivity contribution in [1.29, 1.82) is 0 Å². The summed E-state index contributed by atoms with van der Waals surface area (Å²) in [5.41, 5.74) is 0. The van der Waals surface area contributed by atoms with Gasteiger partial charge in [-0.05, 0) is 6.42 Å². The number of carboxylic acid groups (broad SMARTS) is 1. The summed E-state index contributed by atoms with van der Waals surface area (Å²) in [6, 6.07) is -0.423. The molecule has 0 aromatic heterocycles. The van der Waals surface area contributed by atoms with Crippen LogP contribution in [0.4, 0.5) is 0 Å². The second-order valence-corrected chi connectivity index (χ2v) is 6.50. The van der Waals surface area contributed by atoms with E-state index in [9.17, 15) is 14.4 Å². The Kier molecular flexibility index (Phi) is 6.07. The third-order valence-corrected chi connectivity index (χ3v) is 4.82. The quantitative estimate of drug-likeness (QED) is 0.785. The van der Waals surface area contributed by atoms with Crippen molar-refractivity contribution in [3.8, 4) is 0 Å². The lowest BCUT2D eigenvalue weighted by Crippen LogP contribution is -2.54. The molecule has 2 unspecified atom stereocenters. The number of aliphatic carboxylic acids is 1. The van der Waals surface area contributed by atoms with E-state index in [1.807, 2.05) is 6.92 Å². The topological polar surface area (TPSA) is 87.2 Å². The number of nitrogens with zero attached hydrogens (tertiary/aromatic N) is 2. The summed E-state index contributed by atoms with van der Waals surface area (Å²) < 4.78 is 5.38. The Morgan fingerprint density at radius 3 is 2.82 bits per heavy atom. The number of hydrogen-bond donors (Lipinski definition) is 1. The van der Waals surface area contributed by atoms with Crippen molar-refractivity contribution < 1.29 is 24.2 Å². The molecule has 2 amide bonds. The molecule has 8 heteroatoms. The molecule has 0 saturated carbocycles. The van der Waals surface area contributed by atoms with E-state index >= 15 is 0 Å². The molecule has 0 aliphatic carbocycles. The smallest absolute Gasteiger partial charge is 0.306 e. The van der Waals surface area contributed by atoms with Gasteiger partial charge in [0, 0.05) is 25.3 Å². The fourth-order valence-electron chi connectivity index (χ4n) is 2.70. The summed E-state index contributed by atoms with van der Waals surface area (Å²) in [5.74, 6) is 0.151. The molecular weight excluding hydrogens is 308 g/mol. The molecule has 0 bridgehead atoms. The third kappa shape index (κ3) is 4.13. The molecule has 2 heterocycles. The van der Waals surface area contributed by atoms with Crippen LogP contribution in [0.5, 0.6) is 0 Å². The first-order valence-electron chi connectivity index (χ1n) is 7.52. The van der Waals surface area contributed by atoms with Gasteiger partial charge in [-0.15, -0.1) is 11.8 Å². The van der Waals surface area contributed by atoms with E-state index in [1.165, 1.54) is 0 Å². The van der Waals surface area contributed by atoms with Crippen molar-refractivity contribution in [3.05, 3.63) is 0 Å². The molecular formula is C14H22N2O5S. The van der Waals surface area contributed by atoms with Gasteiger partial charge in [0.2, 0.25) is 11.8 Å². The van der Waals surface area contributed by atoms with Gasteiger partial charge < -0.3 is 19.6 Å². The van der Waals surface area contributed by atoms with Gasteiger partial charge in [0.1, 0.15) is 6.04 Å². The number of ether oxygens (including phenoxy) is 1. The molecule has 2 aliphatic rings. The highest BCUT2D eigenvalue weighted by Gasteiger charge is 2.38. The van der Waals surface area contributed by atoms with E-state index in [-0.39, 0.29) is 24.8 Å². The molecule has 2 aliphatic heterocycles. The standard InChI is InChI=1S/C14H22N2O5S/c1-2-3-12(17)16-9-22-8-11(16)14(20)15-4-5-21-10(7-15)6-13(18)19/h10-11H,2-9H2,1H3,(H,18,19). The summed E-state index contributed by atoms with van der Waals surface area (Å²) in [4.78, 5) is 38.8. The van der Waals surface area contributed by atoms with Crippen LogP contribution < -0.4 is 0 Å². The Balaban J connectivity index is 1.97. The zero-order valence-corrected chi connectivity index (χ0v) is 13.5. The minimum atomic E-state index is -0.935. The summed E-state index contributed by atoms with van der Waals surface area (Å²) in [5, 5.41) is 8.84. The molecule has 7 nitrogen and oxygen atoms in total. The highest BCUT2D eigenvalue weighted by molar-refractivity contribution is 7.99. The molecule has 124 valence electrons. The van der Waals surface area contributed by atoms with Gasteiger partial charge in [-0.1, -0.05) is 6.92 Å². The van der Waals surface area contributed by atoms with Crippen LogP contribution in [0.2, 0.25) is 0 Å². The lowest BCUT2D eigenvalue weighted by molar-refractivity contribution is -0.151. The van der Waals surface area contributed by atoms with Gasteiger partial charge in [-0.3, -0.25) is 14.4 Å². The maximum atomic E-state index is 12.7. The molecule has 2 rings (SSSR count). The van der Waals surface area contributed by atoms with E-state index in [4.69, 9.17) is 9.84 Å². The Bertz CT molecular complexity index is 445. The number of hydrogen-bond acceptors (Lipinski definition) is 5. The number of rotatable bonds is 5. The van der Waals surface area contributed by atoms with Crippen molar-refractivity contribution in [2.45, 2.75) is 38.3 Å². The average Bonchev–Trinajstić information content (AvgIpc) is 2.95. The average molecular weight is 330 g/mol. The predicted molar refractivity (Wildman–Crippen MR) is 81.4 cm³/mol. The van der Waals surface area contributed by atoms with Gasteiger partial charge in [-0.2, -0.15) is 0 Å². The first-order valence-corrected chi connectivity index (χ1v) is 8.67. The van der Waals surface area contributed by atoms with Crippen molar-refractivity contribution in [3.63, 3.8) is 0 Å². The minimum Gasteiger partial charge on any atom is -0.481 e. The lowest BCUT2D eigenvalue weighted by Gasteiger charge is -2.35. The number of carbonyl (C=O) groups excluding carboxylic acids is 2. The summed E-state index contributed by atoms with van der Waals surface area (Å²) in [7, 11) is 0. The highest BCUT2D eigenvalue weighted by Crippen LogP contribution is 2.24. The number of carboxylic acids is 1. The third-order valence-electron chi connectivity index (χ3n) is 3.80. The van der Waals surface area contributed by atoms with Gasteiger partial charge in [-0.25, -0.2) is 0 Å². The van der Waals surface area contributed by atoms with Crippen molar-refractivity contribution in [1.82, 2.24) is 9.80 Å². The Hall–Kier alpha value is -1.28.